The number of halogens is 3. The van der Waals surface area contributed by atoms with Crippen LogP contribution < -0.4 is 5.32 Å². The van der Waals surface area contributed by atoms with Crippen LogP contribution in [-0.4, -0.2) is 15.3 Å². The Morgan fingerprint density at radius 2 is 2.00 bits per heavy atom. The molecule has 108 valence electrons. The molecule has 0 aliphatic heterocycles. The average molecular weight is 311 g/mol. The smallest absolute Gasteiger partial charge is 0.275 e. The van der Waals surface area contributed by atoms with E-state index in [-0.39, 0.29) is 5.69 Å². The molecule has 1 aromatic carbocycles. The molecule has 0 saturated heterocycles. The fourth-order valence-corrected chi connectivity index (χ4v) is 2.64. The van der Waals surface area contributed by atoms with Crippen LogP contribution in [0.2, 0.25) is 0 Å². The summed E-state index contributed by atoms with van der Waals surface area (Å²) in [5.74, 6) is -5.09. The highest BCUT2D eigenvalue weighted by Gasteiger charge is 2.18. The highest BCUT2D eigenvalue weighted by molar-refractivity contribution is 7.17. The van der Waals surface area contributed by atoms with E-state index in [1.807, 2.05) is 6.92 Å². The molecule has 3 aromatic rings. The number of fused-ring (bicyclic) bond motifs is 1. The molecule has 8 heteroatoms. The highest BCUT2D eigenvalue weighted by Crippen LogP contribution is 2.21. The Kier molecular flexibility index (Phi) is 3.17. The first-order chi connectivity index (χ1) is 9.95. The van der Waals surface area contributed by atoms with Crippen LogP contribution in [0.1, 0.15) is 15.4 Å². The van der Waals surface area contributed by atoms with Crippen LogP contribution in [0.4, 0.5) is 18.9 Å². The van der Waals surface area contributed by atoms with Gasteiger partial charge in [-0.1, -0.05) is 0 Å². The van der Waals surface area contributed by atoms with E-state index >= 15 is 0 Å². The Labute approximate surface area is 120 Å². The van der Waals surface area contributed by atoms with Crippen LogP contribution >= 0.6 is 11.3 Å². The highest BCUT2D eigenvalue weighted by atomic mass is 32.1. The maximum Gasteiger partial charge on any atom is 0.275 e. The van der Waals surface area contributed by atoms with Crippen LogP contribution in [0.3, 0.4) is 0 Å². The van der Waals surface area contributed by atoms with E-state index in [0.717, 1.165) is 17.0 Å². The zero-order valence-corrected chi connectivity index (χ0v) is 11.5. The molecule has 0 saturated carbocycles. The predicted octanol–water partition coefficient (Wildman–Crippen LogP) is 3.37. The van der Waals surface area contributed by atoms with E-state index in [0.29, 0.717) is 4.96 Å². The molecule has 1 N–H and O–H groups in total. The molecule has 0 bridgehead atoms. The van der Waals surface area contributed by atoms with Crippen LogP contribution in [0.25, 0.3) is 4.96 Å². The molecule has 2 aromatic heterocycles. The SMILES string of the molecule is Cc1cn2cc(C(=O)Nc3ccc(F)c(F)c3F)nc2s1. The lowest BCUT2D eigenvalue weighted by atomic mass is 10.2. The van der Waals surface area contributed by atoms with Crippen LogP contribution in [0.15, 0.2) is 24.5 Å². The van der Waals surface area contributed by atoms with Crippen LogP contribution in [-0.2, 0) is 0 Å². The summed E-state index contributed by atoms with van der Waals surface area (Å²) in [6, 6.07) is 1.69. The Morgan fingerprint density at radius 1 is 1.24 bits per heavy atom. The van der Waals surface area contributed by atoms with Crippen molar-refractivity contribution < 1.29 is 18.0 Å². The third-order valence-corrected chi connectivity index (χ3v) is 3.70. The summed E-state index contributed by atoms with van der Waals surface area (Å²) >= 11 is 1.39. The van der Waals surface area contributed by atoms with Crippen molar-refractivity contribution in [1.29, 1.82) is 0 Å². The molecule has 4 nitrogen and oxygen atoms in total. The minimum atomic E-state index is -1.63. The molecule has 0 unspecified atom stereocenters. The summed E-state index contributed by atoms with van der Waals surface area (Å²) in [5, 5.41) is 2.17. The number of thiazole rings is 1. The summed E-state index contributed by atoms with van der Waals surface area (Å²) in [7, 11) is 0. The van der Waals surface area contributed by atoms with Crippen molar-refractivity contribution in [3.63, 3.8) is 0 Å². The maximum atomic E-state index is 13.5. The van der Waals surface area contributed by atoms with E-state index in [9.17, 15) is 18.0 Å². The van der Waals surface area contributed by atoms with Gasteiger partial charge in [-0.05, 0) is 19.1 Å². The van der Waals surface area contributed by atoms with Crippen molar-refractivity contribution in [2.45, 2.75) is 6.92 Å². The van der Waals surface area contributed by atoms with Gasteiger partial charge in [0.05, 0.1) is 5.69 Å². The molecule has 0 aliphatic carbocycles. The lowest BCUT2D eigenvalue weighted by molar-refractivity contribution is 0.102. The Hall–Kier alpha value is -2.35. The van der Waals surface area contributed by atoms with Crippen molar-refractivity contribution in [1.82, 2.24) is 9.38 Å². The minimum absolute atomic E-state index is 0.0605. The first-order valence-electron chi connectivity index (χ1n) is 5.85. The van der Waals surface area contributed by atoms with Gasteiger partial charge in [0.15, 0.2) is 22.4 Å². The number of hydrogen-bond acceptors (Lipinski definition) is 3. The topological polar surface area (TPSA) is 46.4 Å². The minimum Gasteiger partial charge on any atom is -0.318 e. The molecule has 3 rings (SSSR count). The van der Waals surface area contributed by atoms with Crippen molar-refractivity contribution in [2.75, 3.05) is 5.32 Å². The van der Waals surface area contributed by atoms with Crippen molar-refractivity contribution in [3.05, 3.63) is 52.5 Å². The predicted molar refractivity (Wildman–Crippen MR) is 72.1 cm³/mol. The molecular formula is C13H8F3N3OS. The molecule has 1 amide bonds. The monoisotopic (exact) mass is 311 g/mol. The van der Waals surface area contributed by atoms with Gasteiger partial charge >= 0.3 is 0 Å². The Balaban J connectivity index is 1.89. The van der Waals surface area contributed by atoms with Crippen molar-refractivity contribution >= 4 is 27.9 Å². The van der Waals surface area contributed by atoms with Gasteiger partial charge in [-0.25, -0.2) is 18.2 Å². The van der Waals surface area contributed by atoms with Crippen molar-refractivity contribution in [3.8, 4) is 0 Å². The number of amides is 1. The first-order valence-corrected chi connectivity index (χ1v) is 6.67. The second kappa shape index (κ2) is 4.88. The molecular weight excluding hydrogens is 303 g/mol. The molecule has 0 fully saturated rings. The number of imidazole rings is 1. The number of nitrogens with one attached hydrogen (secondary N) is 1. The number of carbonyl (C=O) groups is 1. The number of aromatic nitrogens is 2. The zero-order chi connectivity index (χ0) is 15.1. The molecule has 0 radical (unpaired) electrons. The second-order valence-electron chi connectivity index (χ2n) is 4.33. The van der Waals surface area contributed by atoms with Crippen LogP contribution in [0, 0.1) is 24.4 Å². The lowest BCUT2D eigenvalue weighted by Gasteiger charge is -2.05. The molecule has 0 aliphatic rings. The number of aryl methyl sites for hydroxylation is 1. The molecule has 0 atom stereocenters. The summed E-state index contributed by atoms with van der Waals surface area (Å²) in [4.78, 5) is 17.7. The van der Waals surface area contributed by atoms with Gasteiger partial charge in [-0.2, -0.15) is 0 Å². The number of nitrogens with zero attached hydrogens (tertiary/aromatic N) is 2. The zero-order valence-electron chi connectivity index (χ0n) is 10.7. The quantitative estimate of drug-likeness (QED) is 0.738. The molecule has 21 heavy (non-hydrogen) atoms. The fraction of sp³-hybridized carbons (Fsp3) is 0.0769. The van der Waals surface area contributed by atoms with Crippen molar-refractivity contribution in [2.24, 2.45) is 0 Å². The third-order valence-electron chi connectivity index (χ3n) is 2.79. The van der Waals surface area contributed by atoms with Gasteiger partial charge in [0.2, 0.25) is 0 Å². The number of anilines is 1. The van der Waals surface area contributed by atoms with Gasteiger partial charge in [-0.3, -0.25) is 9.20 Å². The van der Waals surface area contributed by atoms with E-state index in [4.69, 9.17) is 0 Å². The lowest BCUT2D eigenvalue weighted by Crippen LogP contribution is -2.14. The molecule has 0 spiro atoms. The van der Waals surface area contributed by atoms with E-state index in [2.05, 4.69) is 10.3 Å². The van der Waals surface area contributed by atoms with E-state index < -0.39 is 29.0 Å². The summed E-state index contributed by atoms with van der Waals surface area (Å²) < 4.78 is 41.0. The average Bonchev–Trinajstić information content (AvgIpc) is 2.96. The number of rotatable bonds is 2. The number of benzene rings is 1. The van der Waals surface area contributed by atoms with Gasteiger partial charge in [0.1, 0.15) is 5.69 Å². The maximum absolute atomic E-state index is 13.5. The normalized spacial score (nSPS) is 11.0. The van der Waals surface area contributed by atoms with E-state index in [1.165, 1.54) is 17.5 Å². The number of hydrogen-bond donors (Lipinski definition) is 1. The fourth-order valence-electron chi connectivity index (χ4n) is 1.83. The Bertz CT molecular complexity index is 824. The molecule has 2 heterocycles. The van der Waals surface area contributed by atoms with Gasteiger partial charge < -0.3 is 5.32 Å². The van der Waals surface area contributed by atoms with Gasteiger partial charge in [-0.15, -0.1) is 11.3 Å². The third kappa shape index (κ3) is 2.38. The largest absolute Gasteiger partial charge is 0.318 e. The van der Waals surface area contributed by atoms with Gasteiger partial charge in [0.25, 0.3) is 5.91 Å². The van der Waals surface area contributed by atoms with Gasteiger partial charge in [0, 0.05) is 17.3 Å². The second-order valence-corrected chi connectivity index (χ2v) is 5.55. The standard InChI is InChI=1S/C13H8F3N3OS/c1-6-4-19-5-9(18-13(19)21-6)12(20)17-8-3-2-7(14)10(15)11(8)16/h2-5H,1H3,(H,17,20). The Morgan fingerprint density at radius 3 is 2.71 bits per heavy atom. The first kappa shape index (κ1) is 13.6. The summed E-state index contributed by atoms with van der Waals surface area (Å²) in [6.07, 6.45) is 3.27. The summed E-state index contributed by atoms with van der Waals surface area (Å²) in [5.41, 5.74) is -0.378. The van der Waals surface area contributed by atoms with E-state index in [1.54, 1.807) is 10.6 Å². The summed E-state index contributed by atoms with van der Waals surface area (Å²) in [6.45, 7) is 1.90. The number of carbonyl (C=O) groups excluding carboxylic acids is 1. The van der Waals surface area contributed by atoms with Crippen LogP contribution in [0.5, 0.6) is 0 Å².